The standard InChI is InChI=1S/C16H15N3O4S2/c1-23-12-7-5-11(6-8-12)17-15(20)9-10-25(21,22)14-4-2-3-13-16(14)19-24-18-13/h2-8H,9-10H2,1H3,(H,17,20). The van der Waals surface area contributed by atoms with Crippen molar-refractivity contribution in [2.75, 3.05) is 18.2 Å². The smallest absolute Gasteiger partial charge is 0.225 e. The first-order chi connectivity index (χ1) is 12.0. The van der Waals surface area contributed by atoms with E-state index < -0.39 is 9.84 Å². The summed E-state index contributed by atoms with van der Waals surface area (Å²) in [6.45, 7) is 0. The number of hydrogen-bond donors (Lipinski definition) is 1. The second kappa shape index (κ2) is 7.16. The molecular weight excluding hydrogens is 362 g/mol. The van der Waals surface area contributed by atoms with Gasteiger partial charge < -0.3 is 10.1 Å². The molecular formula is C16H15N3O4S2. The van der Waals surface area contributed by atoms with E-state index in [4.69, 9.17) is 4.74 Å². The Morgan fingerprint density at radius 1 is 1.16 bits per heavy atom. The third-order valence-electron chi connectivity index (χ3n) is 3.56. The van der Waals surface area contributed by atoms with Crippen LogP contribution in [0.3, 0.4) is 0 Å². The van der Waals surface area contributed by atoms with Crippen LogP contribution in [-0.2, 0) is 14.6 Å². The number of aromatic nitrogens is 2. The van der Waals surface area contributed by atoms with Crippen molar-refractivity contribution >= 4 is 44.2 Å². The minimum atomic E-state index is -3.63. The Bertz CT molecular complexity index is 998. The molecule has 9 heteroatoms. The van der Waals surface area contributed by atoms with Crippen molar-refractivity contribution in [3.8, 4) is 5.75 Å². The fourth-order valence-electron chi connectivity index (χ4n) is 2.27. The summed E-state index contributed by atoms with van der Waals surface area (Å²) in [5.41, 5.74) is 1.46. The number of carbonyl (C=O) groups excluding carboxylic acids is 1. The lowest BCUT2D eigenvalue weighted by molar-refractivity contribution is -0.115. The van der Waals surface area contributed by atoms with Gasteiger partial charge in [0.15, 0.2) is 9.84 Å². The van der Waals surface area contributed by atoms with Gasteiger partial charge in [0.1, 0.15) is 16.8 Å². The molecule has 7 nitrogen and oxygen atoms in total. The summed E-state index contributed by atoms with van der Waals surface area (Å²) < 4.78 is 38.2. The van der Waals surface area contributed by atoms with Gasteiger partial charge in [-0.15, -0.1) is 0 Å². The van der Waals surface area contributed by atoms with E-state index in [2.05, 4.69) is 14.1 Å². The number of nitrogens with zero attached hydrogens (tertiary/aromatic N) is 2. The maximum absolute atomic E-state index is 12.5. The third kappa shape index (κ3) is 3.94. The molecule has 0 radical (unpaired) electrons. The van der Waals surface area contributed by atoms with Crippen LogP contribution >= 0.6 is 11.7 Å². The van der Waals surface area contributed by atoms with E-state index in [1.165, 1.54) is 6.07 Å². The molecule has 0 saturated carbocycles. The lowest BCUT2D eigenvalue weighted by Crippen LogP contribution is -2.17. The molecule has 0 unspecified atom stereocenters. The van der Waals surface area contributed by atoms with E-state index in [0.29, 0.717) is 22.5 Å². The SMILES string of the molecule is COc1ccc(NC(=O)CCS(=O)(=O)c2cccc3nsnc23)cc1. The van der Waals surface area contributed by atoms with Crippen LogP contribution in [0.2, 0.25) is 0 Å². The average molecular weight is 377 g/mol. The number of sulfone groups is 1. The molecule has 0 fully saturated rings. The Hall–Kier alpha value is -2.52. The molecule has 0 aliphatic rings. The van der Waals surface area contributed by atoms with Gasteiger partial charge in [0.2, 0.25) is 5.91 Å². The van der Waals surface area contributed by atoms with Gasteiger partial charge >= 0.3 is 0 Å². The summed E-state index contributed by atoms with van der Waals surface area (Å²) in [6, 6.07) is 11.6. The van der Waals surface area contributed by atoms with Crippen LogP contribution in [0.15, 0.2) is 47.4 Å². The molecule has 130 valence electrons. The first kappa shape index (κ1) is 17.3. The van der Waals surface area contributed by atoms with E-state index in [1.807, 2.05) is 0 Å². The monoisotopic (exact) mass is 377 g/mol. The molecule has 3 aromatic rings. The number of hydrogen-bond acceptors (Lipinski definition) is 7. The Morgan fingerprint density at radius 2 is 1.92 bits per heavy atom. The molecule has 1 amide bonds. The van der Waals surface area contributed by atoms with Crippen LogP contribution in [-0.4, -0.2) is 35.9 Å². The normalized spacial score (nSPS) is 11.4. The number of carbonyl (C=O) groups is 1. The van der Waals surface area contributed by atoms with E-state index in [-0.39, 0.29) is 23.0 Å². The summed E-state index contributed by atoms with van der Waals surface area (Å²) >= 11 is 0.958. The Morgan fingerprint density at radius 3 is 2.64 bits per heavy atom. The van der Waals surface area contributed by atoms with Crippen molar-refractivity contribution in [3.63, 3.8) is 0 Å². The number of amides is 1. The van der Waals surface area contributed by atoms with Gasteiger partial charge in [0, 0.05) is 12.1 Å². The largest absolute Gasteiger partial charge is 0.497 e. The van der Waals surface area contributed by atoms with Crippen molar-refractivity contribution < 1.29 is 17.9 Å². The lowest BCUT2D eigenvalue weighted by Gasteiger charge is -2.07. The molecule has 1 aromatic heterocycles. The molecule has 1 heterocycles. The number of benzene rings is 2. The number of ether oxygens (including phenoxy) is 1. The molecule has 0 atom stereocenters. The van der Waals surface area contributed by atoms with Crippen molar-refractivity contribution in [1.82, 2.24) is 8.75 Å². The van der Waals surface area contributed by atoms with Crippen molar-refractivity contribution in [2.24, 2.45) is 0 Å². The highest BCUT2D eigenvalue weighted by Gasteiger charge is 2.21. The van der Waals surface area contributed by atoms with Gasteiger partial charge in [0.25, 0.3) is 0 Å². The van der Waals surface area contributed by atoms with Gasteiger partial charge in [-0.1, -0.05) is 6.07 Å². The summed E-state index contributed by atoms with van der Waals surface area (Å²) in [5, 5.41) is 2.66. The molecule has 0 bridgehead atoms. The van der Waals surface area contributed by atoms with Gasteiger partial charge in [-0.05, 0) is 36.4 Å². The Kier molecular flexibility index (Phi) is 4.95. The topological polar surface area (TPSA) is 98.2 Å². The van der Waals surface area contributed by atoms with Crippen LogP contribution < -0.4 is 10.1 Å². The Balaban J connectivity index is 1.67. The average Bonchev–Trinajstić information content (AvgIpc) is 3.09. The van der Waals surface area contributed by atoms with Gasteiger partial charge in [-0.3, -0.25) is 4.79 Å². The summed E-state index contributed by atoms with van der Waals surface area (Å²) in [5.74, 6) is -0.00565. The van der Waals surface area contributed by atoms with Gasteiger partial charge in [0.05, 0.1) is 29.5 Å². The zero-order chi connectivity index (χ0) is 17.9. The van der Waals surface area contributed by atoms with Crippen LogP contribution in [0.5, 0.6) is 5.75 Å². The Labute approximate surface area is 148 Å². The molecule has 0 saturated heterocycles. The second-order valence-corrected chi connectivity index (χ2v) is 7.84. The van der Waals surface area contributed by atoms with Crippen LogP contribution in [0.25, 0.3) is 11.0 Å². The highest BCUT2D eigenvalue weighted by atomic mass is 32.2. The van der Waals surface area contributed by atoms with Gasteiger partial charge in [-0.25, -0.2) is 8.42 Å². The zero-order valence-corrected chi connectivity index (χ0v) is 14.9. The molecule has 0 aliphatic carbocycles. The molecule has 0 spiro atoms. The summed E-state index contributed by atoms with van der Waals surface area (Å²) in [4.78, 5) is 12.1. The van der Waals surface area contributed by atoms with Crippen molar-refractivity contribution in [1.29, 1.82) is 0 Å². The molecule has 25 heavy (non-hydrogen) atoms. The number of rotatable bonds is 6. The maximum atomic E-state index is 12.5. The van der Waals surface area contributed by atoms with E-state index in [1.54, 1.807) is 43.5 Å². The maximum Gasteiger partial charge on any atom is 0.225 e. The summed E-state index contributed by atoms with van der Waals surface area (Å²) in [6.07, 6.45) is -0.150. The van der Waals surface area contributed by atoms with Crippen LogP contribution in [0.4, 0.5) is 5.69 Å². The zero-order valence-electron chi connectivity index (χ0n) is 13.3. The van der Waals surface area contributed by atoms with Crippen molar-refractivity contribution in [3.05, 3.63) is 42.5 Å². The molecule has 0 aliphatic heterocycles. The predicted octanol–water partition coefficient (Wildman–Crippen LogP) is 2.50. The predicted molar refractivity (Wildman–Crippen MR) is 95.7 cm³/mol. The first-order valence-corrected chi connectivity index (χ1v) is 9.76. The fourth-order valence-corrected chi connectivity index (χ4v) is 4.28. The number of fused-ring (bicyclic) bond motifs is 1. The van der Waals surface area contributed by atoms with Crippen LogP contribution in [0.1, 0.15) is 6.42 Å². The van der Waals surface area contributed by atoms with Crippen molar-refractivity contribution in [2.45, 2.75) is 11.3 Å². The van der Waals surface area contributed by atoms with E-state index >= 15 is 0 Å². The minimum Gasteiger partial charge on any atom is -0.497 e. The number of nitrogens with one attached hydrogen (secondary N) is 1. The van der Waals surface area contributed by atoms with E-state index in [9.17, 15) is 13.2 Å². The first-order valence-electron chi connectivity index (χ1n) is 7.37. The van der Waals surface area contributed by atoms with Crippen LogP contribution in [0, 0.1) is 0 Å². The van der Waals surface area contributed by atoms with E-state index in [0.717, 1.165) is 11.7 Å². The molecule has 2 aromatic carbocycles. The third-order valence-corrected chi connectivity index (χ3v) is 5.84. The molecule has 1 N–H and O–H groups in total. The highest BCUT2D eigenvalue weighted by Crippen LogP contribution is 2.23. The minimum absolute atomic E-state index is 0.107. The lowest BCUT2D eigenvalue weighted by atomic mass is 10.3. The molecule has 3 rings (SSSR count). The highest BCUT2D eigenvalue weighted by molar-refractivity contribution is 7.91. The van der Waals surface area contributed by atoms with Gasteiger partial charge in [-0.2, -0.15) is 8.75 Å². The quantitative estimate of drug-likeness (QED) is 0.709. The number of anilines is 1. The fraction of sp³-hybridized carbons (Fsp3) is 0.188. The number of methoxy groups -OCH3 is 1. The second-order valence-electron chi connectivity index (χ2n) is 5.23. The summed E-state index contributed by atoms with van der Waals surface area (Å²) in [7, 11) is -2.08.